The number of nitrogens with two attached hydrogens (primary N) is 1. The van der Waals surface area contributed by atoms with E-state index in [2.05, 4.69) is 18.7 Å². The summed E-state index contributed by atoms with van der Waals surface area (Å²) >= 11 is 0. The minimum Gasteiger partial charge on any atom is -0.341 e. The van der Waals surface area contributed by atoms with E-state index in [9.17, 15) is 4.79 Å². The molecular formula is C16H31N3O. The molecule has 4 heteroatoms. The maximum atomic E-state index is 12.4. The first-order valence-corrected chi connectivity index (χ1v) is 8.36. The summed E-state index contributed by atoms with van der Waals surface area (Å²) in [6.07, 6.45) is 6.98. The second-order valence-corrected chi connectivity index (χ2v) is 6.89. The van der Waals surface area contributed by atoms with Gasteiger partial charge in [-0.15, -0.1) is 0 Å². The lowest BCUT2D eigenvalue weighted by atomic mass is 10.0. The number of carbonyl (C=O) groups excluding carboxylic acids is 1. The van der Waals surface area contributed by atoms with Gasteiger partial charge in [0, 0.05) is 19.1 Å². The van der Waals surface area contributed by atoms with Crippen molar-refractivity contribution >= 4 is 5.91 Å². The van der Waals surface area contributed by atoms with Gasteiger partial charge >= 0.3 is 0 Å². The highest BCUT2D eigenvalue weighted by Crippen LogP contribution is 2.21. The molecule has 2 aliphatic heterocycles. The standard InChI is InChI=1S/C16H31N3O/c1-13(2)12-15(17)16(20)19-10-5-6-14(7-11-19)18-8-3-4-9-18/h13-15H,3-12,17H2,1-2H3/t14?,15-/m0/s1. The van der Waals surface area contributed by atoms with Crippen LogP contribution in [0.5, 0.6) is 0 Å². The van der Waals surface area contributed by atoms with Gasteiger partial charge in [-0.05, 0) is 57.5 Å². The summed E-state index contributed by atoms with van der Waals surface area (Å²) in [5.74, 6) is 0.652. The molecule has 0 aliphatic carbocycles. The average molecular weight is 281 g/mol. The van der Waals surface area contributed by atoms with Crippen molar-refractivity contribution in [3.05, 3.63) is 0 Å². The molecule has 0 aromatic carbocycles. The summed E-state index contributed by atoms with van der Waals surface area (Å²) in [6, 6.07) is 0.384. The highest BCUT2D eigenvalue weighted by molar-refractivity contribution is 5.81. The summed E-state index contributed by atoms with van der Waals surface area (Å²) < 4.78 is 0. The van der Waals surface area contributed by atoms with E-state index in [4.69, 9.17) is 5.73 Å². The lowest BCUT2D eigenvalue weighted by molar-refractivity contribution is -0.132. The SMILES string of the molecule is CC(C)C[C@H](N)C(=O)N1CCCC(N2CCCC2)CC1. The Balaban J connectivity index is 1.83. The van der Waals surface area contributed by atoms with Gasteiger partial charge in [-0.1, -0.05) is 13.8 Å². The third kappa shape index (κ3) is 4.19. The maximum absolute atomic E-state index is 12.4. The largest absolute Gasteiger partial charge is 0.341 e. The van der Waals surface area contributed by atoms with E-state index in [-0.39, 0.29) is 11.9 Å². The van der Waals surface area contributed by atoms with Gasteiger partial charge in [0.1, 0.15) is 0 Å². The molecule has 2 fully saturated rings. The zero-order valence-corrected chi connectivity index (χ0v) is 13.2. The Morgan fingerprint density at radius 2 is 1.80 bits per heavy atom. The van der Waals surface area contributed by atoms with Crippen LogP contribution in [-0.2, 0) is 4.79 Å². The van der Waals surface area contributed by atoms with Crippen LogP contribution < -0.4 is 5.73 Å². The fourth-order valence-corrected chi connectivity index (χ4v) is 3.61. The van der Waals surface area contributed by atoms with E-state index in [1.54, 1.807) is 0 Å². The average Bonchev–Trinajstić information content (AvgIpc) is 2.82. The normalized spacial score (nSPS) is 26.8. The quantitative estimate of drug-likeness (QED) is 0.855. The molecule has 0 saturated carbocycles. The van der Waals surface area contributed by atoms with Gasteiger partial charge in [0.25, 0.3) is 0 Å². The highest BCUT2D eigenvalue weighted by atomic mass is 16.2. The van der Waals surface area contributed by atoms with Gasteiger partial charge in [-0.2, -0.15) is 0 Å². The number of amides is 1. The monoisotopic (exact) mass is 281 g/mol. The van der Waals surface area contributed by atoms with Crippen molar-refractivity contribution in [3.63, 3.8) is 0 Å². The fourth-order valence-electron chi connectivity index (χ4n) is 3.61. The van der Waals surface area contributed by atoms with Crippen LogP contribution in [0.25, 0.3) is 0 Å². The van der Waals surface area contributed by atoms with E-state index < -0.39 is 0 Å². The Bertz CT molecular complexity index is 313. The minimum absolute atomic E-state index is 0.167. The van der Waals surface area contributed by atoms with Crippen LogP contribution in [0.3, 0.4) is 0 Å². The zero-order valence-electron chi connectivity index (χ0n) is 13.2. The van der Waals surface area contributed by atoms with Crippen molar-refractivity contribution in [2.45, 2.75) is 64.5 Å². The van der Waals surface area contributed by atoms with Crippen molar-refractivity contribution in [1.29, 1.82) is 0 Å². The number of hydrogen-bond acceptors (Lipinski definition) is 3. The Kier molecular flexibility index (Phi) is 5.85. The molecule has 2 saturated heterocycles. The predicted molar refractivity (Wildman–Crippen MR) is 82.5 cm³/mol. The van der Waals surface area contributed by atoms with Crippen molar-refractivity contribution in [3.8, 4) is 0 Å². The maximum Gasteiger partial charge on any atom is 0.239 e. The highest BCUT2D eigenvalue weighted by Gasteiger charge is 2.28. The van der Waals surface area contributed by atoms with Gasteiger partial charge in [-0.25, -0.2) is 0 Å². The number of hydrogen-bond donors (Lipinski definition) is 1. The van der Waals surface area contributed by atoms with Crippen LogP contribution in [0.1, 0.15) is 52.4 Å². The molecule has 0 spiro atoms. The molecule has 1 amide bonds. The molecule has 2 aliphatic rings. The van der Waals surface area contributed by atoms with Gasteiger partial charge in [0.2, 0.25) is 5.91 Å². The van der Waals surface area contributed by atoms with Crippen molar-refractivity contribution in [2.75, 3.05) is 26.2 Å². The smallest absolute Gasteiger partial charge is 0.239 e. The van der Waals surface area contributed by atoms with Crippen LogP contribution in [0, 0.1) is 5.92 Å². The summed E-state index contributed by atoms with van der Waals surface area (Å²) in [5.41, 5.74) is 6.06. The first-order chi connectivity index (χ1) is 9.58. The van der Waals surface area contributed by atoms with Crippen molar-refractivity contribution in [2.24, 2.45) is 11.7 Å². The summed E-state index contributed by atoms with van der Waals surface area (Å²) in [5, 5.41) is 0. The Morgan fingerprint density at radius 3 is 2.45 bits per heavy atom. The van der Waals surface area contributed by atoms with Gasteiger partial charge in [-0.3, -0.25) is 4.79 Å². The van der Waals surface area contributed by atoms with Crippen LogP contribution in [0.4, 0.5) is 0 Å². The first kappa shape index (κ1) is 15.8. The number of nitrogens with zero attached hydrogens (tertiary/aromatic N) is 2. The van der Waals surface area contributed by atoms with Gasteiger partial charge in [0.05, 0.1) is 6.04 Å². The topological polar surface area (TPSA) is 49.6 Å². The summed E-state index contributed by atoms with van der Waals surface area (Å²) in [6.45, 7) is 8.55. The Morgan fingerprint density at radius 1 is 1.10 bits per heavy atom. The molecule has 2 N–H and O–H groups in total. The molecule has 0 bridgehead atoms. The van der Waals surface area contributed by atoms with Crippen molar-refractivity contribution in [1.82, 2.24) is 9.80 Å². The molecule has 116 valence electrons. The molecule has 4 nitrogen and oxygen atoms in total. The Labute approximate surface area is 123 Å². The van der Waals surface area contributed by atoms with Crippen LogP contribution in [0.2, 0.25) is 0 Å². The molecule has 1 unspecified atom stereocenters. The molecule has 20 heavy (non-hydrogen) atoms. The van der Waals surface area contributed by atoms with Gasteiger partial charge in [0.15, 0.2) is 0 Å². The third-order valence-corrected chi connectivity index (χ3v) is 4.71. The molecule has 0 radical (unpaired) electrons. The zero-order chi connectivity index (χ0) is 14.5. The number of rotatable bonds is 4. The predicted octanol–water partition coefficient (Wildman–Crippen LogP) is 1.84. The molecule has 2 atom stereocenters. The molecule has 0 aromatic heterocycles. The number of likely N-dealkylation sites (tertiary alicyclic amines) is 2. The van der Waals surface area contributed by atoms with E-state index in [1.165, 1.54) is 32.4 Å². The second-order valence-electron chi connectivity index (χ2n) is 6.89. The minimum atomic E-state index is -0.307. The third-order valence-electron chi connectivity index (χ3n) is 4.71. The van der Waals surface area contributed by atoms with E-state index in [0.717, 1.165) is 32.4 Å². The second kappa shape index (κ2) is 7.41. The first-order valence-electron chi connectivity index (χ1n) is 8.36. The molecule has 2 rings (SSSR count). The van der Waals surface area contributed by atoms with E-state index in [0.29, 0.717) is 12.0 Å². The summed E-state index contributed by atoms with van der Waals surface area (Å²) in [7, 11) is 0. The van der Waals surface area contributed by atoms with Gasteiger partial charge < -0.3 is 15.5 Å². The molecular weight excluding hydrogens is 250 g/mol. The van der Waals surface area contributed by atoms with E-state index in [1.807, 2.05) is 4.90 Å². The lowest BCUT2D eigenvalue weighted by Gasteiger charge is -2.27. The Hall–Kier alpha value is -0.610. The molecule has 2 heterocycles. The van der Waals surface area contributed by atoms with E-state index >= 15 is 0 Å². The van der Waals surface area contributed by atoms with Crippen LogP contribution in [0.15, 0.2) is 0 Å². The van der Waals surface area contributed by atoms with Crippen LogP contribution in [-0.4, -0.2) is 54.0 Å². The lowest BCUT2D eigenvalue weighted by Crippen LogP contribution is -2.45. The molecule has 0 aromatic rings. The fraction of sp³-hybridized carbons (Fsp3) is 0.938. The van der Waals surface area contributed by atoms with Crippen molar-refractivity contribution < 1.29 is 4.79 Å². The summed E-state index contributed by atoms with van der Waals surface area (Å²) in [4.78, 5) is 17.0. The van der Waals surface area contributed by atoms with Crippen LogP contribution >= 0.6 is 0 Å². The number of carbonyl (C=O) groups is 1.